The van der Waals surface area contributed by atoms with Crippen LogP contribution in [0.3, 0.4) is 0 Å². The maximum Gasteiger partial charge on any atom is 0.317 e. The minimum Gasteiger partial charge on any atom is -0.458 e. The largest absolute Gasteiger partial charge is 0.458 e. The molecule has 5 nitrogen and oxygen atoms in total. The quantitative estimate of drug-likeness (QED) is 0.840. The molecule has 1 unspecified atom stereocenters. The summed E-state index contributed by atoms with van der Waals surface area (Å²) in [6, 6.07) is 9.71. The summed E-state index contributed by atoms with van der Waals surface area (Å²) in [5.74, 6) is 0.108. The van der Waals surface area contributed by atoms with E-state index in [0.29, 0.717) is 24.0 Å². The Balaban J connectivity index is 1.60. The van der Waals surface area contributed by atoms with Crippen molar-refractivity contribution in [1.29, 1.82) is 0 Å². The zero-order chi connectivity index (χ0) is 17.8. The number of rotatable bonds is 4. The molecule has 1 atom stereocenters. The third kappa shape index (κ3) is 4.92. The number of carbonyl (C=O) groups is 1. The average molecular weight is 360 g/mol. The highest BCUT2D eigenvalue weighted by Gasteiger charge is 2.25. The standard InChI is InChI=1S/C19H22ClN3O2/c1-13-10-14(2)22-19(21-13)25-17-4-3-9-23(12-17)18(24)11-15-5-7-16(20)8-6-15/h5-8,10,17H,3-4,9,11-12H2,1-2H3. The van der Waals surface area contributed by atoms with Crippen molar-refractivity contribution in [3.05, 3.63) is 52.3 Å². The normalized spacial score (nSPS) is 17.4. The first-order valence-electron chi connectivity index (χ1n) is 8.51. The molecule has 1 aromatic carbocycles. The van der Waals surface area contributed by atoms with Gasteiger partial charge >= 0.3 is 6.01 Å². The summed E-state index contributed by atoms with van der Waals surface area (Å²) in [4.78, 5) is 23.1. The van der Waals surface area contributed by atoms with Crippen LogP contribution in [-0.4, -0.2) is 40.0 Å². The molecule has 1 saturated heterocycles. The molecule has 2 aromatic rings. The monoisotopic (exact) mass is 359 g/mol. The van der Waals surface area contributed by atoms with E-state index in [1.54, 1.807) is 0 Å². The molecule has 25 heavy (non-hydrogen) atoms. The molecule has 0 bridgehead atoms. The lowest BCUT2D eigenvalue weighted by Gasteiger charge is -2.32. The SMILES string of the molecule is Cc1cc(C)nc(OC2CCCN(C(=O)Cc3ccc(Cl)cc3)C2)n1. The smallest absolute Gasteiger partial charge is 0.317 e. The van der Waals surface area contributed by atoms with Crippen LogP contribution in [0.25, 0.3) is 0 Å². The van der Waals surface area contributed by atoms with Gasteiger partial charge in [-0.05, 0) is 50.5 Å². The topological polar surface area (TPSA) is 55.3 Å². The molecule has 3 rings (SSSR count). The molecule has 0 spiro atoms. The van der Waals surface area contributed by atoms with Crippen LogP contribution >= 0.6 is 11.6 Å². The molecule has 0 N–H and O–H groups in total. The summed E-state index contributed by atoms with van der Waals surface area (Å²) in [7, 11) is 0. The van der Waals surface area contributed by atoms with E-state index in [2.05, 4.69) is 9.97 Å². The minimum absolute atomic E-state index is 0.0656. The number of piperidine rings is 1. The van der Waals surface area contributed by atoms with Gasteiger partial charge in [-0.15, -0.1) is 0 Å². The number of nitrogens with zero attached hydrogens (tertiary/aromatic N) is 3. The van der Waals surface area contributed by atoms with Gasteiger partial charge in [0, 0.05) is 23.0 Å². The van der Waals surface area contributed by atoms with Gasteiger partial charge in [0.05, 0.1) is 13.0 Å². The molecule has 1 aliphatic rings. The van der Waals surface area contributed by atoms with Crippen molar-refractivity contribution in [3.8, 4) is 6.01 Å². The van der Waals surface area contributed by atoms with E-state index in [0.717, 1.165) is 36.3 Å². The summed E-state index contributed by atoms with van der Waals surface area (Å²) < 4.78 is 5.93. The van der Waals surface area contributed by atoms with Crippen LogP contribution in [0.15, 0.2) is 30.3 Å². The lowest BCUT2D eigenvalue weighted by Crippen LogP contribution is -2.45. The van der Waals surface area contributed by atoms with E-state index in [-0.39, 0.29) is 12.0 Å². The number of amides is 1. The summed E-state index contributed by atoms with van der Waals surface area (Å²) in [6.45, 7) is 5.18. The highest BCUT2D eigenvalue weighted by atomic mass is 35.5. The van der Waals surface area contributed by atoms with Gasteiger partial charge in [0.25, 0.3) is 0 Å². The zero-order valence-corrected chi connectivity index (χ0v) is 15.3. The van der Waals surface area contributed by atoms with E-state index in [1.165, 1.54) is 0 Å². The number of likely N-dealkylation sites (tertiary alicyclic amines) is 1. The molecule has 1 aromatic heterocycles. The fraction of sp³-hybridized carbons (Fsp3) is 0.421. The van der Waals surface area contributed by atoms with E-state index in [1.807, 2.05) is 49.1 Å². The van der Waals surface area contributed by atoms with Crippen molar-refractivity contribution in [2.24, 2.45) is 0 Å². The predicted octanol–water partition coefficient (Wildman–Crippen LogP) is 3.36. The number of aryl methyl sites for hydroxylation is 2. The first kappa shape index (κ1) is 17.7. The Hall–Kier alpha value is -2.14. The maximum absolute atomic E-state index is 12.6. The van der Waals surface area contributed by atoms with Gasteiger partial charge in [0.15, 0.2) is 0 Å². The Morgan fingerprint density at radius 2 is 1.92 bits per heavy atom. The van der Waals surface area contributed by atoms with E-state index >= 15 is 0 Å². The van der Waals surface area contributed by atoms with Gasteiger partial charge in [0.2, 0.25) is 5.91 Å². The molecule has 6 heteroatoms. The predicted molar refractivity (Wildman–Crippen MR) is 96.9 cm³/mol. The number of hydrogen-bond acceptors (Lipinski definition) is 4. The number of aromatic nitrogens is 2. The third-order valence-corrected chi connectivity index (χ3v) is 4.49. The van der Waals surface area contributed by atoms with Crippen molar-refractivity contribution in [2.45, 2.75) is 39.2 Å². The maximum atomic E-state index is 12.6. The fourth-order valence-corrected chi connectivity index (χ4v) is 3.17. The zero-order valence-electron chi connectivity index (χ0n) is 14.5. The van der Waals surface area contributed by atoms with Crippen LogP contribution in [0.1, 0.15) is 29.8 Å². The van der Waals surface area contributed by atoms with Crippen LogP contribution in [0, 0.1) is 13.8 Å². The van der Waals surface area contributed by atoms with Crippen LogP contribution in [0.4, 0.5) is 0 Å². The Bertz CT molecular complexity index is 729. The molecule has 1 fully saturated rings. The Morgan fingerprint density at radius 1 is 1.24 bits per heavy atom. The second-order valence-corrected chi connectivity index (χ2v) is 6.89. The highest BCUT2D eigenvalue weighted by Crippen LogP contribution is 2.18. The van der Waals surface area contributed by atoms with Crippen molar-refractivity contribution in [3.63, 3.8) is 0 Å². The number of halogens is 1. The first-order chi connectivity index (χ1) is 12.0. The van der Waals surface area contributed by atoms with Crippen molar-refractivity contribution < 1.29 is 9.53 Å². The molecule has 1 amide bonds. The Labute approximate surface area is 153 Å². The third-order valence-electron chi connectivity index (χ3n) is 4.23. The van der Waals surface area contributed by atoms with Gasteiger partial charge < -0.3 is 9.64 Å². The molecular weight excluding hydrogens is 338 g/mol. The molecular formula is C19H22ClN3O2. The van der Waals surface area contributed by atoms with Gasteiger partial charge in [-0.3, -0.25) is 4.79 Å². The first-order valence-corrected chi connectivity index (χ1v) is 8.88. The Morgan fingerprint density at radius 3 is 2.60 bits per heavy atom. The molecule has 2 heterocycles. The molecule has 1 aliphatic heterocycles. The van der Waals surface area contributed by atoms with E-state index in [4.69, 9.17) is 16.3 Å². The van der Waals surface area contributed by atoms with Gasteiger partial charge in [-0.2, -0.15) is 0 Å². The highest BCUT2D eigenvalue weighted by molar-refractivity contribution is 6.30. The van der Waals surface area contributed by atoms with E-state index in [9.17, 15) is 4.79 Å². The number of benzene rings is 1. The lowest BCUT2D eigenvalue weighted by atomic mass is 10.1. The van der Waals surface area contributed by atoms with Crippen LogP contribution in [-0.2, 0) is 11.2 Å². The van der Waals surface area contributed by atoms with Crippen LogP contribution in [0.5, 0.6) is 6.01 Å². The lowest BCUT2D eigenvalue weighted by molar-refractivity contribution is -0.133. The minimum atomic E-state index is -0.0656. The number of carbonyl (C=O) groups excluding carboxylic acids is 1. The fourth-order valence-electron chi connectivity index (χ4n) is 3.04. The summed E-state index contributed by atoms with van der Waals surface area (Å²) in [6.07, 6.45) is 2.14. The molecule has 0 radical (unpaired) electrons. The Kier molecular flexibility index (Phi) is 5.53. The molecule has 0 saturated carbocycles. The number of ether oxygens (including phenoxy) is 1. The van der Waals surface area contributed by atoms with Crippen LogP contribution in [0.2, 0.25) is 5.02 Å². The molecule has 132 valence electrons. The van der Waals surface area contributed by atoms with Gasteiger partial charge in [-0.25, -0.2) is 9.97 Å². The summed E-state index contributed by atoms with van der Waals surface area (Å²) >= 11 is 5.89. The average Bonchev–Trinajstić information content (AvgIpc) is 2.56. The van der Waals surface area contributed by atoms with Crippen LogP contribution < -0.4 is 4.74 Å². The van der Waals surface area contributed by atoms with Crippen molar-refractivity contribution in [1.82, 2.24) is 14.9 Å². The number of hydrogen-bond donors (Lipinski definition) is 0. The molecule has 0 aliphatic carbocycles. The second kappa shape index (κ2) is 7.83. The van der Waals surface area contributed by atoms with Crippen molar-refractivity contribution in [2.75, 3.05) is 13.1 Å². The van der Waals surface area contributed by atoms with E-state index < -0.39 is 0 Å². The summed E-state index contributed by atoms with van der Waals surface area (Å²) in [5.41, 5.74) is 2.73. The summed E-state index contributed by atoms with van der Waals surface area (Å²) in [5, 5.41) is 0.677. The second-order valence-electron chi connectivity index (χ2n) is 6.46. The van der Waals surface area contributed by atoms with Crippen molar-refractivity contribution >= 4 is 17.5 Å². The van der Waals surface area contributed by atoms with Gasteiger partial charge in [-0.1, -0.05) is 23.7 Å². The van der Waals surface area contributed by atoms with Gasteiger partial charge in [0.1, 0.15) is 6.10 Å².